The predicted molar refractivity (Wildman–Crippen MR) is 102 cm³/mol. The van der Waals surface area contributed by atoms with Crippen molar-refractivity contribution in [1.29, 1.82) is 0 Å². The lowest BCUT2D eigenvalue weighted by atomic mass is 10.2. The number of carbonyl (C=O) groups is 1. The van der Waals surface area contributed by atoms with E-state index in [4.69, 9.17) is 37.4 Å². The molecule has 6 nitrogen and oxygen atoms in total. The third-order valence-electron chi connectivity index (χ3n) is 3.14. The lowest BCUT2D eigenvalue weighted by molar-refractivity contribution is -0.123. The molecule has 0 aromatic heterocycles. The molecule has 0 aliphatic rings. The van der Waals surface area contributed by atoms with Crippen molar-refractivity contribution in [3.63, 3.8) is 0 Å². The van der Waals surface area contributed by atoms with Crippen LogP contribution in [0.3, 0.4) is 0 Å². The van der Waals surface area contributed by atoms with E-state index in [2.05, 4.69) is 10.5 Å². The zero-order chi connectivity index (χ0) is 18.9. The highest BCUT2D eigenvalue weighted by atomic mass is 35.5. The average Bonchev–Trinajstić information content (AvgIpc) is 2.62. The van der Waals surface area contributed by atoms with E-state index < -0.39 is 5.91 Å². The molecular weight excluding hydrogens is 379 g/mol. The maximum absolute atomic E-state index is 11.8. The van der Waals surface area contributed by atoms with Crippen LogP contribution in [-0.2, 0) is 4.79 Å². The molecule has 0 radical (unpaired) electrons. The Morgan fingerprint density at radius 3 is 2.58 bits per heavy atom. The highest BCUT2D eigenvalue weighted by molar-refractivity contribution is 6.35. The van der Waals surface area contributed by atoms with Crippen LogP contribution in [0.25, 0.3) is 0 Å². The molecule has 0 saturated heterocycles. The van der Waals surface area contributed by atoms with E-state index in [9.17, 15) is 4.79 Å². The largest absolute Gasteiger partial charge is 0.493 e. The van der Waals surface area contributed by atoms with Gasteiger partial charge in [-0.1, -0.05) is 23.2 Å². The highest BCUT2D eigenvalue weighted by Crippen LogP contribution is 2.28. The van der Waals surface area contributed by atoms with Crippen molar-refractivity contribution < 1.29 is 19.0 Å². The molecule has 26 heavy (non-hydrogen) atoms. The van der Waals surface area contributed by atoms with Crippen molar-refractivity contribution in [2.45, 2.75) is 6.92 Å². The number of methoxy groups -OCH3 is 1. The van der Waals surface area contributed by atoms with Gasteiger partial charge in [-0.3, -0.25) is 4.79 Å². The van der Waals surface area contributed by atoms with Gasteiger partial charge in [0, 0.05) is 5.02 Å². The Hall–Kier alpha value is -2.44. The van der Waals surface area contributed by atoms with Crippen molar-refractivity contribution in [2.75, 3.05) is 20.3 Å². The Morgan fingerprint density at radius 1 is 1.12 bits per heavy atom. The van der Waals surface area contributed by atoms with Gasteiger partial charge in [0.15, 0.2) is 18.1 Å². The number of ether oxygens (including phenoxy) is 3. The number of amides is 1. The van der Waals surface area contributed by atoms with E-state index in [0.717, 1.165) is 5.56 Å². The van der Waals surface area contributed by atoms with Crippen molar-refractivity contribution in [1.82, 2.24) is 5.43 Å². The summed E-state index contributed by atoms with van der Waals surface area (Å²) >= 11 is 11.8. The van der Waals surface area contributed by atoms with Crippen LogP contribution < -0.4 is 19.6 Å². The first kappa shape index (κ1) is 19.9. The Balaban J connectivity index is 1.88. The Labute approximate surface area is 161 Å². The fourth-order valence-corrected chi connectivity index (χ4v) is 2.45. The third kappa shape index (κ3) is 5.82. The molecule has 0 aliphatic carbocycles. The summed E-state index contributed by atoms with van der Waals surface area (Å²) in [5, 5.41) is 4.70. The number of nitrogens with zero attached hydrogens (tertiary/aromatic N) is 1. The fourth-order valence-electron chi connectivity index (χ4n) is 1.99. The molecule has 0 spiro atoms. The van der Waals surface area contributed by atoms with Crippen LogP contribution >= 0.6 is 23.2 Å². The summed E-state index contributed by atoms with van der Waals surface area (Å²) in [4.78, 5) is 11.8. The van der Waals surface area contributed by atoms with Crippen molar-refractivity contribution in [3.05, 3.63) is 52.0 Å². The molecule has 2 rings (SSSR count). The molecule has 2 aromatic carbocycles. The minimum absolute atomic E-state index is 0.231. The van der Waals surface area contributed by atoms with Gasteiger partial charge in [0.05, 0.1) is 25.0 Å². The quantitative estimate of drug-likeness (QED) is 0.541. The molecule has 8 heteroatoms. The molecule has 1 N–H and O–H groups in total. The monoisotopic (exact) mass is 396 g/mol. The van der Waals surface area contributed by atoms with E-state index in [1.165, 1.54) is 12.3 Å². The molecule has 0 atom stereocenters. The van der Waals surface area contributed by atoms with Crippen molar-refractivity contribution >= 4 is 35.3 Å². The van der Waals surface area contributed by atoms with E-state index in [-0.39, 0.29) is 6.61 Å². The summed E-state index contributed by atoms with van der Waals surface area (Å²) in [6.45, 7) is 2.20. The van der Waals surface area contributed by atoms with E-state index >= 15 is 0 Å². The summed E-state index contributed by atoms with van der Waals surface area (Å²) in [5.74, 6) is 1.17. The van der Waals surface area contributed by atoms with E-state index in [1.807, 2.05) is 6.92 Å². The molecule has 0 unspecified atom stereocenters. The number of hydrogen-bond acceptors (Lipinski definition) is 5. The molecule has 0 bridgehead atoms. The van der Waals surface area contributed by atoms with Gasteiger partial charge in [-0.15, -0.1) is 0 Å². The normalized spacial score (nSPS) is 10.6. The first-order valence-electron chi connectivity index (χ1n) is 7.74. The Bertz CT molecular complexity index is 797. The topological polar surface area (TPSA) is 69.2 Å². The Morgan fingerprint density at radius 2 is 1.88 bits per heavy atom. The van der Waals surface area contributed by atoms with Crippen LogP contribution in [0.1, 0.15) is 12.5 Å². The molecule has 0 heterocycles. The molecule has 138 valence electrons. The zero-order valence-corrected chi connectivity index (χ0v) is 15.8. The smallest absolute Gasteiger partial charge is 0.277 e. The van der Waals surface area contributed by atoms with Crippen LogP contribution in [0.2, 0.25) is 10.0 Å². The summed E-state index contributed by atoms with van der Waals surface area (Å²) in [6.07, 6.45) is 1.49. The van der Waals surface area contributed by atoms with Crippen molar-refractivity contribution in [3.8, 4) is 17.2 Å². The van der Waals surface area contributed by atoms with Gasteiger partial charge in [0.2, 0.25) is 0 Å². The maximum atomic E-state index is 11.8. The van der Waals surface area contributed by atoms with E-state index in [1.54, 1.807) is 37.4 Å². The van der Waals surface area contributed by atoms with Crippen LogP contribution in [0.5, 0.6) is 17.2 Å². The fraction of sp³-hybridized carbons (Fsp3) is 0.222. The minimum atomic E-state index is -0.426. The summed E-state index contributed by atoms with van der Waals surface area (Å²) in [5.41, 5.74) is 3.12. The Kier molecular flexibility index (Phi) is 7.56. The van der Waals surface area contributed by atoms with Gasteiger partial charge in [0.1, 0.15) is 5.75 Å². The standard InChI is InChI=1S/C18H18Cl2N2O4/c1-3-25-16-6-4-12(8-17(16)24-2)10-21-22-18(23)11-26-15-7-5-13(19)9-14(15)20/h4-10H,3,11H2,1-2H3,(H,22,23)/b21-10+. The second-order valence-corrected chi connectivity index (χ2v) is 5.84. The zero-order valence-electron chi connectivity index (χ0n) is 14.3. The maximum Gasteiger partial charge on any atom is 0.277 e. The van der Waals surface area contributed by atoms with Gasteiger partial charge < -0.3 is 14.2 Å². The van der Waals surface area contributed by atoms with Gasteiger partial charge in [-0.05, 0) is 48.9 Å². The number of benzene rings is 2. The second-order valence-electron chi connectivity index (χ2n) is 5.00. The second kappa shape index (κ2) is 9.89. The van der Waals surface area contributed by atoms with Gasteiger partial charge in [-0.25, -0.2) is 5.43 Å². The molecule has 0 aliphatic heterocycles. The minimum Gasteiger partial charge on any atom is -0.493 e. The number of nitrogens with one attached hydrogen (secondary N) is 1. The predicted octanol–water partition coefficient (Wildman–Crippen LogP) is 3.93. The average molecular weight is 397 g/mol. The molecular formula is C18H18Cl2N2O4. The number of hydrazone groups is 1. The van der Waals surface area contributed by atoms with Gasteiger partial charge >= 0.3 is 0 Å². The van der Waals surface area contributed by atoms with Gasteiger partial charge in [0.25, 0.3) is 5.91 Å². The van der Waals surface area contributed by atoms with Gasteiger partial charge in [-0.2, -0.15) is 5.10 Å². The first-order valence-corrected chi connectivity index (χ1v) is 8.49. The molecule has 0 fully saturated rings. The number of hydrogen-bond donors (Lipinski definition) is 1. The number of carbonyl (C=O) groups excluding carboxylic acids is 1. The molecule has 0 saturated carbocycles. The molecule has 2 aromatic rings. The number of rotatable bonds is 8. The third-order valence-corrected chi connectivity index (χ3v) is 3.67. The number of halogens is 2. The lowest BCUT2D eigenvalue weighted by Crippen LogP contribution is -2.24. The summed E-state index contributed by atoms with van der Waals surface area (Å²) in [7, 11) is 1.56. The summed E-state index contributed by atoms with van der Waals surface area (Å²) in [6, 6.07) is 10.1. The molecule has 1 amide bonds. The van der Waals surface area contributed by atoms with Crippen LogP contribution in [0, 0.1) is 0 Å². The van der Waals surface area contributed by atoms with Crippen LogP contribution in [0.4, 0.5) is 0 Å². The lowest BCUT2D eigenvalue weighted by Gasteiger charge is -2.09. The van der Waals surface area contributed by atoms with Crippen LogP contribution in [0.15, 0.2) is 41.5 Å². The highest BCUT2D eigenvalue weighted by Gasteiger charge is 2.06. The first-order chi connectivity index (χ1) is 12.5. The summed E-state index contributed by atoms with van der Waals surface area (Å²) < 4.78 is 16.0. The van der Waals surface area contributed by atoms with Crippen molar-refractivity contribution in [2.24, 2.45) is 5.10 Å². The van der Waals surface area contributed by atoms with Crippen LogP contribution in [-0.4, -0.2) is 32.4 Å². The SMILES string of the molecule is CCOc1ccc(/C=N/NC(=O)COc2ccc(Cl)cc2Cl)cc1OC. The van der Waals surface area contributed by atoms with E-state index in [0.29, 0.717) is 33.9 Å².